The molecule has 1 aromatic carbocycles. The van der Waals surface area contributed by atoms with Crippen LogP contribution >= 0.6 is 0 Å². The highest BCUT2D eigenvalue weighted by molar-refractivity contribution is 5.60. The number of benzene rings is 1. The van der Waals surface area contributed by atoms with Crippen molar-refractivity contribution in [3.05, 3.63) is 28.3 Å². The summed E-state index contributed by atoms with van der Waals surface area (Å²) in [6.07, 6.45) is 7.21. The summed E-state index contributed by atoms with van der Waals surface area (Å²) in [7, 11) is 0. The summed E-state index contributed by atoms with van der Waals surface area (Å²) in [6.45, 7) is 2.82. The Morgan fingerprint density at radius 3 is 2.53 bits per heavy atom. The van der Waals surface area contributed by atoms with E-state index in [9.17, 15) is 10.1 Å². The molecule has 0 heterocycles. The average molecular weight is 266 g/mol. The molecule has 0 atom stereocenters. The molecule has 0 unspecified atom stereocenters. The van der Waals surface area contributed by atoms with Gasteiger partial charge in [0.1, 0.15) is 11.4 Å². The van der Waals surface area contributed by atoms with Gasteiger partial charge in [-0.3, -0.25) is 10.1 Å². The first-order chi connectivity index (χ1) is 9.15. The van der Waals surface area contributed by atoms with Gasteiger partial charge in [-0.05, 0) is 12.5 Å². The first-order valence-corrected chi connectivity index (χ1v) is 6.82. The van der Waals surface area contributed by atoms with Crippen LogP contribution < -0.4 is 10.5 Å². The van der Waals surface area contributed by atoms with Gasteiger partial charge in [-0.15, -0.1) is 0 Å². The molecule has 0 aromatic heterocycles. The van der Waals surface area contributed by atoms with Gasteiger partial charge in [0.15, 0.2) is 0 Å². The largest absolute Gasteiger partial charge is 0.494 e. The summed E-state index contributed by atoms with van der Waals surface area (Å²) >= 11 is 0. The predicted molar refractivity (Wildman–Crippen MR) is 76.4 cm³/mol. The molecule has 0 aliphatic rings. The van der Waals surface area contributed by atoms with Crippen molar-refractivity contribution in [2.24, 2.45) is 0 Å². The maximum absolute atomic E-state index is 10.6. The Morgan fingerprint density at radius 2 is 1.89 bits per heavy atom. The molecule has 0 radical (unpaired) electrons. The summed E-state index contributed by atoms with van der Waals surface area (Å²) in [5.41, 5.74) is 5.65. The van der Waals surface area contributed by atoms with E-state index in [1.54, 1.807) is 6.07 Å². The van der Waals surface area contributed by atoms with Crippen LogP contribution in [-0.4, -0.2) is 11.5 Å². The number of nitrogen functional groups attached to an aromatic ring is 1. The molecule has 19 heavy (non-hydrogen) atoms. The van der Waals surface area contributed by atoms with Gasteiger partial charge in [0.2, 0.25) is 0 Å². The number of ether oxygens (including phenoxy) is 1. The van der Waals surface area contributed by atoms with Crippen LogP contribution in [0.4, 0.5) is 11.4 Å². The number of unbranched alkanes of at least 4 members (excludes halogenated alkanes) is 5. The number of nitro benzene ring substituents is 1. The minimum atomic E-state index is -0.493. The van der Waals surface area contributed by atoms with Crippen molar-refractivity contribution in [1.29, 1.82) is 0 Å². The molecule has 1 aromatic rings. The van der Waals surface area contributed by atoms with Crippen LogP contribution in [0.15, 0.2) is 18.2 Å². The predicted octanol–water partition coefficient (Wildman–Crippen LogP) is 3.92. The number of rotatable bonds is 9. The minimum Gasteiger partial charge on any atom is -0.494 e. The van der Waals surface area contributed by atoms with E-state index in [-0.39, 0.29) is 11.4 Å². The lowest BCUT2D eigenvalue weighted by Crippen LogP contribution is -2.00. The Bertz CT molecular complexity index is 408. The lowest BCUT2D eigenvalue weighted by atomic mass is 10.1. The molecule has 5 heteroatoms. The van der Waals surface area contributed by atoms with Crippen molar-refractivity contribution in [2.75, 3.05) is 12.3 Å². The number of hydrogen-bond acceptors (Lipinski definition) is 4. The standard InChI is InChI=1S/C14H22N2O3/c1-2-3-4-5-6-7-10-19-12-8-9-14(16(17)18)13(15)11-12/h8-9,11H,2-7,10,15H2,1H3. The number of nitrogens with two attached hydrogens (primary N) is 1. The average Bonchev–Trinajstić information content (AvgIpc) is 2.37. The Balaban J connectivity index is 2.26. The molecule has 2 N–H and O–H groups in total. The van der Waals surface area contributed by atoms with Crippen LogP contribution in [0.5, 0.6) is 5.75 Å². The Hall–Kier alpha value is -1.78. The van der Waals surface area contributed by atoms with E-state index >= 15 is 0 Å². The second-order valence-corrected chi connectivity index (χ2v) is 4.59. The summed E-state index contributed by atoms with van der Waals surface area (Å²) in [5, 5.41) is 10.6. The SMILES string of the molecule is CCCCCCCCOc1ccc([N+](=O)[O-])c(N)c1. The van der Waals surface area contributed by atoms with Crippen LogP contribution in [0, 0.1) is 10.1 Å². The van der Waals surface area contributed by atoms with Crippen LogP contribution in [0.3, 0.4) is 0 Å². The van der Waals surface area contributed by atoms with E-state index in [0.717, 1.165) is 12.8 Å². The zero-order valence-electron chi connectivity index (χ0n) is 11.4. The Kier molecular flexibility index (Phi) is 6.71. The van der Waals surface area contributed by atoms with Crippen molar-refractivity contribution >= 4 is 11.4 Å². The third-order valence-corrected chi connectivity index (χ3v) is 2.96. The fourth-order valence-electron chi connectivity index (χ4n) is 1.86. The smallest absolute Gasteiger partial charge is 0.292 e. The lowest BCUT2D eigenvalue weighted by Gasteiger charge is -2.07. The van der Waals surface area contributed by atoms with E-state index in [4.69, 9.17) is 10.5 Å². The fraction of sp³-hybridized carbons (Fsp3) is 0.571. The van der Waals surface area contributed by atoms with Crippen molar-refractivity contribution in [3.63, 3.8) is 0 Å². The van der Waals surface area contributed by atoms with Crippen molar-refractivity contribution in [3.8, 4) is 5.75 Å². The third-order valence-electron chi connectivity index (χ3n) is 2.96. The van der Waals surface area contributed by atoms with Gasteiger partial charge in [-0.25, -0.2) is 0 Å². The highest BCUT2D eigenvalue weighted by Gasteiger charge is 2.11. The zero-order chi connectivity index (χ0) is 14.1. The Morgan fingerprint density at radius 1 is 1.21 bits per heavy atom. The van der Waals surface area contributed by atoms with E-state index in [1.165, 1.54) is 37.8 Å². The van der Waals surface area contributed by atoms with E-state index in [1.807, 2.05) is 0 Å². The van der Waals surface area contributed by atoms with Crippen LogP contribution in [-0.2, 0) is 0 Å². The van der Waals surface area contributed by atoms with Crippen LogP contribution in [0.2, 0.25) is 0 Å². The number of nitro groups is 1. The second kappa shape index (κ2) is 8.34. The first-order valence-electron chi connectivity index (χ1n) is 6.82. The lowest BCUT2D eigenvalue weighted by molar-refractivity contribution is -0.383. The molecule has 0 bridgehead atoms. The molecule has 0 aliphatic heterocycles. The van der Waals surface area contributed by atoms with E-state index < -0.39 is 4.92 Å². The molecule has 0 saturated heterocycles. The van der Waals surface area contributed by atoms with Gasteiger partial charge in [0.25, 0.3) is 5.69 Å². The van der Waals surface area contributed by atoms with Crippen molar-refractivity contribution < 1.29 is 9.66 Å². The quantitative estimate of drug-likeness (QED) is 0.318. The Labute approximate surface area is 113 Å². The summed E-state index contributed by atoms with van der Waals surface area (Å²) in [5.74, 6) is 0.594. The molecule has 0 saturated carbocycles. The molecule has 1 rings (SSSR count). The number of nitrogens with zero attached hydrogens (tertiary/aromatic N) is 1. The molecule has 0 spiro atoms. The fourth-order valence-corrected chi connectivity index (χ4v) is 1.86. The second-order valence-electron chi connectivity index (χ2n) is 4.59. The molecular weight excluding hydrogens is 244 g/mol. The highest BCUT2D eigenvalue weighted by atomic mass is 16.6. The minimum absolute atomic E-state index is 0.0769. The topological polar surface area (TPSA) is 78.4 Å². The molecule has 0 fully saturated rings. The summed E-state index contributed by atoms with van der Waals surface area (Å²) in [6, 6.07) is 4.48. The normalized spacial score (nSPS) is 10.4. The van der Waals surface area contributed by atoms with Crippen molar-refractivity contribution in [2.45, 2.75) is 45.4 Å². The van der Waals surface area contributed by atoms with Gasteiger partial charge >= 0.3 is 0 Å². The number of anilines is 1. The van der Waals surface area contributed by atoms with Gasteiger partial charge in [-0.1, -0.05) is 39.0 Å². The maximum Gasteiger partial charge on any atom is 0.292 e. The third kappa shape index (κ3) is 5.59. The van der Waals surface area contributed by atoms with Crippen LogP contribution in [0.1, 0.15) is 45.4 Å². The number of hydrogen-bond donors (Lipinski definition) is 1. The summed E-state index contributed by atoms with van der Waals surface area (Å²) in [4.78, 5) is 10.1. The molecule has 106 valence electrons. The first kappa shape index (κ1) is 15.3. The molecule has 5 nitrogen and oxygen atoms in total. The molecule has 0 amide bonds. The van der Waals surface area contributed by atoms with Gasteiger partial charge in [0, 0.05) is 12.1 Å². The van der Waals surface area contributed by atoms with Gasteiger partial charge < -0.3 is 10.5 Å². The van der Waals surface area contributed by atoms with Gasteiger partial charge in [0.05, 0.1) is 11.5 Å². The van der Waals surface area contributed by atoms with Crippen LogP contribution in [0.25, 0.3) is 0 Å². The van der Waals surface area contributed by atoms with E-state index in [2.05, 4.69) is 6.92 Å². The maximum atomic E-state index is 10.6. The van der Waals surface area contributed by atoms with Crippen molar-refractivity contribution in [1.82, 2.24) is 0 Å². The zero-order valence-corrected chi connectivity index (χ0v) is 11.4. The summed E-state index contributed by atoms with van der Waals surface area (Å²) < 4.78 is 5.53. The van der Waals surface area contributed by atoms with Gasteiger partial charge in [-0.2, -0.15) is 0 Å². The molecule has 0 aliphatic carbocycles. The molecular formula is C14H22N2O3. The van der Waals surface area contributed by atoms with E-state index in [0.29, 0.717) is 12.4 Å². The monoisotopic (exact) mass is 266 g/mol. The highest BCUT2D eigenvalue weighted by Crippen LogP contribution is 2.26.